The smallest absolute Gasteiger partial charge is 0.312 e. The number of nitrogens with two attached hydrogens (primary N) is 2. The van der Waals surface area contributed by atoms with Gasteiger partial charge in [0.15, 0.2) is 0 Å². The minimum absolute atomic E-state index is 0.00540. The fourth-order valence-corrected chi connectivity index (χ4v) is 3.10. The molecule has 0 bridgehead atoms. The Kier molecular flexibility index (Phi) is 5.98. The summed E-state index contributed by atoms with van der Waals surface area (Å²) in [5.74, 6) is -0.274. The SMILES string of the molecule is CC(C(=O)N1CCCCC1CNC(N)=O)C(N)c1ccccc1. The van der Waals surface area contributed by atoms with E-state index in [2.05, 4.69) is 5.32 Å². The largest absolute Gasteiger partial charge is 0.352 e. The van der Waals surface area contributed by atoms with E-state index in [0.717, 1.165) is 24.8 Å². The van der Waals surface area contributed by atoms with Gasteiger partial charge in [0, 0.05) is 25.2 Å². The second-order valence-corrected chi connectivity index (χ2v) is 6.15. The van der Waals surface area contributed by atoms with Gasteiger partial charge in [0.2, 0.25) is 5.91 Å². The van der Waals surface area contributed by atoms with Gasteiger partial charge in [-0.1, -0.05) is 37.3 Å². The number of carbonyl (C=O) groups excluding carboxylic acids is 2. The molecule has 0 saturated carbocycles. The second kappa shape index (κ2) is 7.97. The first-order valence-electron chi connectivity index (χ1n) is 8.15. The Hall–Kier alpha value is -2.08. The van der Waals surface area contributed by atoms with E-state index in [9.17, 15) is 9.59 Å². The summed E-state index contributed by atoms with van der Waals surface area (Å²) < 4.78 is 0. The molecule has 126 valence electrons. The second-order valence-electron chi connectivity index (χ2n) is 6.15. The predicted molar refractivity (Wildman–Crippen MR) is 89.5 cm³/mol. The molecule has 3 amide bonds. The highest BCUT2D eigenvalue weighted by Gasteiger charge is 2.32. The number of nitrogens with one attached hydrogen (secondary N) is 1. The van der Waals surface area contributed by atoms with E-state index in [4.69, 9.17) is 11.5 Å². The first-order valence-corrected chi connectivity index (χ1v) is 8.15. The van der Waals surface area contributed by atoms with Crippen LogP contribution < -0.4 is 16.8 Å². The predicted octanol–water partition coefficient (Wildman–Crippen LogP) is 1.37. The number of primary amides is 1. The maximum atomic E-state index is 12.9. The summed E-state index contributed by atoms with van der Waals surface area (Å²) in [5.41, 5.74) is 12.4. The third kappa shape index (κ3) is 4.45. The molecule has 5 N–H and O–H groups in total. The molecule has 1 aromatic carbocycles. The molecule has 1 aliphatic heterocycles. The third-order valence-electron chi connectivity index (χ3n) is 4.53. The van der Waals surface area contributed by atoms with E-state index < -0.39 is 6.03 Å². The van der Waals surface area contributed by atoms with Crippen molar-refractivity contribution in [3.05, 3.63) is 35.9 Å². The van der Waals surface area contributed by atoms with Crippen LogP contribution in [0.1, 0.15) is 37.8 Å². The van der Waals surface area contributed by atoms with Gasteiger partial charge in [-0.2, -0.15) is 0 Å². The number of nitrogens with zero attached hydrogens (tertiary/aromatic N) is 1. The number of hydrogen-bond acceptors (Lipinski definition) is 3. The van der Waals surface area contributed by atoms with E-state index >= 15 is 0 Å². The Balaban J connectivity index is 2.05. The maximum absolute atomic E-state index is 12.9. The Morgan fingerprint density at radius 1 is 1.30 bits per heavy atom. The Morgan fingerprint density at radius 3 is 2.65 bits per heavy atom. The standard InChI is InChI=1S/C17H26N4O2/c1-12(15(18)13-7-3-2-4-8-13)16(22)21-10-6-5-9-14(21)11-20-17(19)23/h2-4,7-8,12,14-15H,5-6,9-11,18H2,1H3,(H3,19,20,23). The molecule has 0 aliphatic carbocycles. The van der Waals surface area contributed by atoms with Gasteiger partial charge in [-0.05, 0) is 24.8 Å². The summed E-state index contributed by atoms with van der Waals surface area (Å²) in [6.45, 7) is 2.97. The average molecular weight is 318 g/mol. The highest BCUT2D eigenvalue weighted by atomic mass is 16.2. The lowest BCUT2D eigenvalue weighted by atomic mass is 9.92. The number of amides is 3. The highest BCUT2D eigenvalue weighted by Crippen LogP contribution is 2.25. The van der Waals surface area contributed by atoms with Crippen LogP contribution in [-0.4, -0.2) is 36.0 Å². The summed E-state index contributed by atoms with van der Waals surface area (Å²) in [6, 6.07) is 8.76. The lowest BCUT2D eigenvalue weighted by Crippen LogP contribution is -2.52. The monoisotopic (exact) mass is 318 g/mol. The molecule has 1 aromatic rings. The molecule has 23 heavy (non-hydrogen) atoms. The summed E-state index contributed by atoms with van der Waals surface area (Å²) in [6.07, 6.45) is 2.90. The fraction of sp³-hybridized carbons (Fsp3) is 0.529. The molecule has 0 radical (unpaired) electrons. The van der Waals surface area contributed by atoms with Crippen LogP contribution in [0, 0.1) is 5.92 Å². The maximum Gasteiger partial charge on any atom is 0.312 e. The lowest BCUT2D eigenvalue weighted by molar-refractivity contribution is -0.139. The van der Waals surface area contributed by atoms with Crippen LogP contribution in [0.4, 0.5) is 4.79 Å². The van der Waals surface area contributed by atoms with Crippen molar-refractivity contribution in [1.82, 2.24) is 10.2 Å². The zero-order valence-electron chi connectivity index (χ0n) is 13.6. The number of hydrogen-bond donors (Lipinski definition) is 3. The van der Waals surface area contributed by atoms with Crippen molar-refractivity contribution in [1.29, 1.82) is 0 Å². The minimum Gasteiger partial charge on any atom is -0.352 e. The number of likely N-dealkylation sites (tertiary alicyclic amines) is 1. The van der Waals surface area contributed by atoms with Crippen molar-refractivity contribution >= 4 is 11.9 Å². The van der Waals surface area contributed by atoms with Crippen molar-refractivity contribution in [3.63, 3.8) is 0 Å². The molecule has 3 atom stereocenters. The van der Waals surface area contributed by atoms with Gasteiger partial charge in [-0.15, -0.1) is 0 Å². The minimum atomic E-state index is -0.558. The van der Waals surface area contributed by atoms with Crippen LogP contribution in [0.25, 0.3) is 0 Å². The van der Waals surface area contributed by atoms with Crippen LogP contribution >= 0.6 is 0 Å². The van der Waals surface area contributed by atoms with E-state index in [1.807, 2.05) is 42.2 Å². The fourth-order valence-electron chi connectivity index (χ4n) is 3.10. The number of piperidine rings is 1. The zero-order chi connectivity index (χ0) is 16.8. The Labute approximate surface area is 137 Å². The Morgan fingerprint density at radius 2 is 2.00 bits per heavy atom. The molecular formula is C17H26N4O2. The van der Waals surface area contributed by atoms with Crippen molar-refractivity contribution in [2.24, 2.45) is 17.4 Å². The van der Waals surface area contributed by atoms with Crippen LogP contribution in [0.5, 0.6) is 0 Å². The summed E-state index contributed by atoms with van der Waals surface area (Å²) in [4.78, 5) is 25.7. The molecule has 0 aromatic heterocycles. The molecule has 1 fully saturated rings. The van der Waals surface area contributed by atoms with Gasteiger partial charge in [-0.3, -0.25) is 4.79 Å². The molecule has 0 spiro atoms. The first kappa shape index (κ1) is 17.3. The molecule has 1 aliphatic rings. The van der Waals surface area contributed by atoms with Gasteiger partial charge in [0.25, 0.3) is 0 Å². The van der Waals surface area contributed by atoms with Crippen molar-refractivity contribution in [2.45, 2.75) is 38.3 Å². The third-order valence-corrected chi connectivity index (χ3v) is 4.53. The van der Waals surface area contributed by atoms with Gasteiger partial charge in [0.05, 0.1) is 5.92 Å². The average Bonchev–Trinajstić information content (AvgIpc) is 2.59. The van der Waals surface area contributed by atoms with Crippen molar-refractivity contribution in [3.8, 4) is 0 Å². The van der Waals surface area contributed by atoms with Crippen LogP contribution in [-0.2, 0) is 4.79 Å². The number of carbonyl (C=O) groups is 2. The summed E-state index contributed by atoms with van der Waals surface area (Å²) in [7, 11) is 0. The Bertz CT molecular complexity index is 535. The quantitative estimate of drug-likeness (QED) is 0.764. The number of benzene rings is 1. The molecule has 1 saturated heterocycles. The van der Waals surface area contributed by atoms with Crippen molar-refractivity contribution in [2.75, 3.05) is 13.1 Å². The molecule has 2 rings (SSSR count). The molecule has 1 heterocycles. The van der Waals surface area contributed by atoms with E-state index in [-0.39, 0.29) is 23.9 Å². The topological polar surface area (TPSA) is 101 Å². The summed E-state index contributed by atoms with van der Waals surface area (Å²) in [5, 5.41) is 2.61. The van der Waals surface area contributed by atoms with E-state index in [1.165, 1.54) is 0 Å². The lowest BCUT2D eigenvalue weighted by Gasteiger charge is -2.38. The van der Waals surface area contributed by atoms with E-state index in [0.29, 0.717) is 13.1 Å². The number of urea groups is 1. The van der Waals surface area contributed by atoms with Crippen molar-refractivity contribution < 1.29 is 9.59 Å². The van der Waals surface area contributed by atoms with Gasteiger partial charge in [-0.25, -0.2) is 4.79 Å². The van der Waals surface area contributed by atoms with E-state index in [1.54, 1.807) is 0 Å². The first-order chi connectivity index (χ1) is 11.0. The number of rotatable bonds is 5. The van der Waals surface area contributed by atoms with Gasteiger partial charge >= 0.3 is 6.03 Å². The normalized spacial score (nSPS) is 20.6. The summed E-state index contributed by atoms with van der Waals surface area (Å²) >= 11 is 0. The zero-order valence-corrected chi connectivity index (χ0v) is 13.6. The molecule has 6 heteroatoms. The van der Waals surface area contributed by atoms with Crippen LogP contribution in [0.2, 0.25) is 0 Å². The van der Waals surface area contributed by atoms with Gasteiger partial charge < -0.3 is 21.7 Å². The van der Waals surface area contributed by atoms with Crippen LogP contribution in [0.15, 0.2) is 30.3 Å². The van der Waals surface area contributed by atoms with Gasteiger partial charge in [0.1, 0.15) is 0 Å². The highest BCUT2D eigenvalue weighted by molar-refractivity contribution is 5.80. The van der Waals surface area contributed by atoms with Crippen LogP contribution in [0.3, 0.4) is 0 Å². The molecular weight excluding hydrogens is 292 g/mol. The molecule has 3 unspecified atom stereocenters. The molecule has 6 nitrogen and oxygen atoms in total.